The first-order valence-corrected chi connectivity index (χ1v) is 10.0. The number of hydrogen-bond donors (Lipinski definition) is 2. The molecule has 0 saturated heterocycles. The van der Waals surface area contributed by atoms with Gasteiger partial charge in [-0.2, -0.15) is 13.2 Å². The first-order valence-electron chi connectivity index (χ1n) is 10.0. The van der Waals surface area contributed by atoms with Gasteiger partial charge < -0.3 is 19.8 Å². The first-order chi connectivity index (χ1) is 15.3. The van der Waals surface area contributed by atoms with Crippen LogP contribution in [0.3, 0.4) is 0 Å². The maximum absolute atomic E-state index is 12.1. The molecule has 0 spiro atoms. The number of aryl methyl sites for hydroxylation is 1. The normalized spacial score (nSPS) is 11.7. The molecule has 178 valence electrons. The summed E-state index contributed by atoms with van der Waals surface area (Å²) in [5, 5.41) is 6.31. The van der Waals surface area contributed by atoms with Gasteiger partial charge in [0.25, 0.3) is 0 Å². The lowest BCUT2D eigenvalue weighted by Crippen LogP contribution is -2.36. The second kappa shape index (κ2) is 12.6. The quantitative estimate of drug-likeness (QED) is 0.220. The Bertz CT molecular complexity index is 1020. The summed E-state index contributed by atoms with van der Waals surface area (Å²) in [4.78, 5) is 8.47. The van der Waals surface area contributed by atoms with E-state index in [0.29, 0.717) is 36.3 Å². The Hall–Kier alpha value is -2.60. The van der Waals surface area contributed by atoms with Crippen LogP contribution in [0.4, 0.5) is 13.2 Å². The largest absolute Gasteiger partial charge is 0.439 e. The fourth-order valence-corrected chi connectivity index (χ4v) is 2.85. The average Bonchev–Trinajstić information content (AvgIpc) is 3.23. The minimum atomic E-state index is -4.32. The summed E-state index contributed by atoms with van der Waals surface area (Å²) < 4.78 is 46.9. The number of aromatic nitrogens is 1. The Morgan fingerprint density at radius 2 is 1.64 bits per heavy atom. The number of ether oxygens (including phenoxy) is 1. The van der Waals surface area contributed by atoms with Crippen LogP contribution >= 0.6 is 24.0 Å². The molecule has 3 rings (SSSR count). The number of nitrogens with zero attached hydrogens (tertiary/aromatic N) is 2. The zero-order valence-electron chi connectivity index (χ0n) is 18.3. The van der Waals surface area contributed by atoms with Gasteiger partial charge in [0, 0.05) is 19.2 Å². The fraction of sp³-hybridized carbons (Fsp3) is 0.304. The predicted molar refractivity (Wildman–Crippen MR) is 131 cm³/mol. The molecule has 0 radical (unpaired) electrons. The van der Waals surface area contributed by atoms with E-state index in [4.69, 9.17) is 4.42 Å². The van der Waals surface area contributed by atoms with Gasteiger partial charge in [-0.15, -0.1) is 24.0 Å². The highest BCUT2D eigenvalue weighted by Crippen LogP contribution is 2.20. The molecule has 10 heteroatoms. The number of halogens is 4. The van der Waals surface area contributed by atoms with Crippen molar-refractivity contribution in [1.29, 1.82) is 0 Å². The summed E-state index contributed by atoms with van der Waals surface area (Å²) in [6, 6.07) is 15.1. The van der Waals surface area contributed by atoms with Crippen LogP contribution in [0.5, 0.6) is 0 Å². The Balaban J connectivity index is 0.00000385. The lowest BCUT2D eigenvalue weighted by Gasteiger charge is -2.11. The molecule has 3 aromatic rings. The minimum Gasteiger partial charge on any atom is -0.439 e. The van der Waals surface area contributed by atoms with Crippen molar-refractivity contribution in [3.8, 4) is 11.3 Å². The molecule has 0 atom stereocenters. The van der Waals surface area contributed by atoms with Crippen LogP contribution in [0.25, 0.3) is 11.3 Å². The van der Waals surface area contributed by atoms with E-state index >= 15 is 0 Å². The molecule has 0 aliphatic carbocycles. The number of aliphatic imine (C=N–C) groups is 1. The number of alkyl halides is 3. The molecular formula is C23H26F3IN4O2. The summed E-state index contributed by atoms with van der Waals surface area (Å²) >= 11 is 0. The van der Waals surface area contributed by atoms with Gasteiger partial charge >= 0.3 is 6.18 Å². The number of hydrogen-bond acceptors (Lipinski definition) is 4. The summed E-state index contributed by atoms with van der Waals surface area (Å²) in [6.07, 6.45) is -2.63. The van der Waals surface area contributed by atoms with Crippen molar-refractivity contribution in [3.05, 3.63) is 77.3 Å². The third-order valence-electron chi connectivity index (χ3n) is 4.54. The van der Waals surface area contributed by atoms with Gasteiger partial charge in [-0.25, -0.2) is 4.98 Å². The first kappa shape index (κ1) is 26.7. The van der Waals surface area contributed by atoms with Crippen LogP contribution in [-0.4, -0.2) is 30.8 Å². The smallest absolute Gasteiger partial charge is 0.411 e. The molecule has 1 aromatic heterocycles. The van der Waals surface area contributed by atoms with E-state index in [0.717, 1.165) is 11.1 Å². The van der Waals surface area contributed by atoms with Crippen molar-refractivity contribution in [1.82, 2.24) is 15.6 Å². The second-order valence-corrected chi connectivity index (χ2v) is 7.19. The molecule has 0 unspecified atom stereocenters. The topological polar surface area (TPSA) is 71.7 Å². The third kappa shape index (κ3) is 9.04. The third-order valence-corrected chi connectivity index (χ3v) is 4.54. The lowest BCUT2D eigenvalue weighted by molar-refractivity contribution is -0.176. The van der Waals surface area contributed by atoms with Gasteiger partial charge in [0.2, 0.25) is 5.89 Å². The van der Waals surface area contributed by atoms with Gasteiger partial charge in [0.15, 0.2) is 11.7 Å². The van der Waals surface area contributed by atoms with Crippen molar-refractivity contribution in [3.63, 3.8) is 0 Å². The van der Waals surface area contributed by atoms with Crippen LogP contribution < -0.4 is 10.6 Å². The van der Waals surface area contributed by atoms with Crippen LogP contribution in [0.15, 0.2) is 64.1 Å². The van der Waals surface area contributed by atoms with E-state index in [9.17, 15) is 13.2 Å². The number of nitrogens with one attached hydrogen (secondary N) is 2. The van der Waals surface area contributed by atoms with Gasteiger partial charge in [-0.3, -0.25) is 4.99 Å². The highest BCUT2D eigenvalue weighted by molar-refractivity contribution is 14.0. The fourth-order valence-electron chi connectivity index (χ4n) is 2.85. The number of oxazole rings is 1. The average molecular weight is 574 g/mol. The van der Waals surface area contributed by atoms with Crippen LogP contribution in [0.1, 0.15) is 22.6 Å². The highest BCUT2D eigenvalue weighted by Gasteiger charge is 2.27. The van der Waals surface area contributed by atoms with Crippen LogP contribution in [0, 0.1) is 6.92 Å². The van der Waals surface area contributed by atoms with Gasteiger partial charge in [0.05, 0.1) is 19.3 Å². The molecular weight excluding hydrogens is 548 g/mol. The van der Waals surface area contributed by atoms with E-state index in [1.54, 1.807) is 25.4 Å². The summed E-state index contributed by atoms with van der Waals surface area (Å²) in [7, 11) is 1.66. The van der Waals surface area contributed by atoms with Crippen molar-refractivity contribution in [2.75, 3.05) is 13.7 Å². The van der Waals surface area contributed by atoms with Gasteiger partial charge in [-0.05, 0) is 18.1 Å². The molecule has 33 heavy (non-hydrogen) atoms. The molecule has 6 nitrogen and oxygen atoms in total. The lowest BCUT2D eigenvalue weighted by atomic mass is 10.1. The van der Waals surface area contributed by atoms with Crippen molar-refractivity contribution >= 4 is 29.9 Å². The standard InChI is InChI=1S/C23H25F3N4O2.HI/c1-16-3-9-19(10-4-16)20-12-28-21(32-20)13-30-22(27-2)29-11-17-5-7-18(8-6-17)14-31-15-23(24,25)26;/h3-10,12H,11,13-15H2,1-2H3,(H2,27,29,30);1H. The zero-order chi connectivity index (χ0) is 23.0. The van der Waals surface area contributed by atoms with Crippen LogP contribution in [-0.2, 0) is 24.4 Å². The van der Waals surface area contributed by atoms with E-state index in [1.165, 1.54) is 5.56 Å². The van der Waals surface area contributed by atoms with E-state index < -0.39 is 12.8 Å². The Kier molecular flexibility index (Phi) is 10.2. The molecule has 1 heterocycles. The van der Waals surface area contributed by atoms with Gasteiger partial charge in [-0.1, -0.05) is 54.1 Å². The predicted octanol–water partition coefficient (Wildman–Crippen LogP) is 5.21. The van der Waals surface area contributed by atoms with E-state index in [1.807, 2.05) is 43.3 Å². The summed E-state index contributed by atoms with van der Waals surface area (Å²) in [5.74, 6) is 1.80. The SMILES string of the molecule is CN=C(NCc1ccc(COCC(F)(F)F)cc1)NCc1ncc(-c2ccc(C)cc2)o1.I. The molecule has 0 aliphatic heterocycles. The Morgan fingerprint density at radius 1 is 1.00 bits per heavy atom. The summed E-state index contributed by atoms with van der Waals surface area (Å²) in [5.41, 5.74) is 3.76. The molecule has 0 aliphatic rings. The van der Waals surface area contributed by atoms with Crippen molar-refractivity contribution < 1.29 is 22.3 Å². The Labute approximate surface area is 207 Å². The monoisotopic (exact) mass is 574 g/mol. The molecule has 2 N–H and O–H groups in total. The summed E-state index contributed by atoms with van der Waals surface area (Å²) in [6.45, 7) is 1.54. The highest BCUT2D eigenvalue weighted by atomic mass is 127. The number of guanidine groups is 1. The van der Waals surface area contributed by atoms with Gasteiger partial charge in [0.1, 0.15) is 6.61 Å². The van der Waals surface area contributed by atoms with Crippen LogP contribution in [0.2, 0.25) is 0 Å². The number of rotatable bonds is 8. The minimum absolute atomic E-state index is 0. The maximum Gasteiger partial charge on any atom is 0.411 e. The molecule has 0 bridgehead atoms. The maximum atomic E-state index is 12.1. The molecule has 0 fully saturated rings. The molecule has 0 saturated carbocycles. The molecule has 0 amide bonds. The number of benzene rings is 2. The molecule has 2 aromatic carbocycles. The second-order valence-electron chi connectivity index (χ2n) is 7.19. The van der Waals surface area contributed by atoms with Crippen molar-refractivity contribution in [2.45, 2.75) is 32.8 Å². The Morgan fingerprint density at radius 3 is 2.27 bits per heavy atom. The van der Waals surface area contributed by atoms with E-state index in [-0.39, 0.29) is 30.6 Å². The zero-order valence-corrected chi connectivity index (χ0v) is 20.6. The van der Waals surface area contributed by atoms with Crippen molar-refractivity contribution in [2.24, 2.45) is 4.99 Å². The van der Waals surface area contributed by atoms with E-state index in [2.05, 4.69) is 25.3 Å².